The molecule has 0 saturated heterocycles. The molecule has 0 spiro atoms. The molecule has 72 valence electrons. The van der Waals surface area contributed by atoms with Crippen LogP contribution in [0, 0.1) is 0 Å². The van der Waals surface area contributed by atoms with Crippen LogP contribution in [0.4, 0.5) is 0 Å². The van der Waals surface area contributed by atoms with Crippen molar-refractivity contribution in [2.45, 2.75) is 19.1 Å². The van der Waals surface area contributed by atoms with Crippen molar-refractivity contribution < 1.29 is 9.84 Å². The summed E-state index contributed by atoms with van der Waals surface area (Å²) in [5, 5.41) is 9.56. The molecule has 1 rings (SSSR count). The first kappa shape index (κ1) is 9.95. The molecule has 0 unspecified atom stereocenters. The van der Waals surface area contributed by atoms with Crippen molar-refractivity contribution in [1.29, 1.82) is 0 Å². The Labute approximate surface area is 77.4 Å². The summed E-state index contributed by atoms with van der Waals surface area (Å²) >= 11 is 0. The Kier molecular flexibility index (Phi) is 3.22. The quantitative estimate of drug-likeness (QED) is 0.713. The second-order valence-electron chi connectivity index (χ2n) is 2.94. The first-order chi connectivity index (χ1) is 6.15. The number of hydrogen-bond acceptors (Lipinski definition) is 4. The first-order valence-electron chi connectivity index (χ1n) is 4.08. The monoisotopic (exact) mass is 182 g/mol. The molecule has 0 aromatic carbocycles. The van der Waals surface area contributed by atoms with Gasteiger partial charge in [-0.15, -0.1) is 0 Å². The molecule has 0 amide bonds. The van der Waals surface area contributed by atoms with Gasteiger partial charge in [-0.25, -0.2) is 4.98 Å². The molecular weight excluding hydrogens is 168 g/mol. The minimum absolute atomic E-state index is 0.296. The van der Waals surface area contributed by atoms with Crippen LogP contribution < -0.4 is 10.5 Å². The molecule has 4 heteroatoms. The highest BCUT2D eigenvalue weighted by Crippen LogP contribution is 2.16. The minimum Gasteiger partial charge on any atom is -0.481 e. The number of nitrogens with two attached hydrogens (primary N) is 1. The molecule has 2 atom stereocenters. The Morgan fingerprint density at radius 2 is 2.23 bits per heavy atom. The maximum atomic E-state index is 9.56. The average Bonchev–Trinajstić information content (AvgIpc) is 2.17. The molecule has 0 radical (unpaired) electrons. The third-order valence-electron chi connectivity index (χ3n) is 1.81. The van der Waals surface area contributed by atoms with E-state index in [1.165, 1.54) is 0 Å². The summed E-state index contributed by atoms with van der Waals surface area (Å²) < 4.78 is 4.89. The van der Waals surface area contributed by atoms with Crippen molar-refractivity contribution in [2.75, 3.05) is 7.11 Å². The van der Waals surface area contributed by atoms with Gasteiger partial charge < -0.3 is 15.6 Å². The predicted molar refractivity (Wildman–Crippen MR) is 49.4 cm³/mol. The van der Waals surface area contributed by atoms with Gasteiger partial charge in [0.15, 0.2) is 0 Å². The Balaban J connectivity index is 2.79. The molecule has 3 N–H and O–H groups in total. The van der Waals surface area contributed by atoms with Crippen LogP contribution in [0.15, 0.2) is 18.3 Å². The molecule has 0 aliphatic rings. The number of methoxy groups -OCH3 is 1. The fourth-order valence-corrected chi connectivity index (χ4v) is 0.991. The topological polar surface area (TPSA) is 68.4 Å². The highest BCUT2D eigenvalue weighted by atomic mass is 16.5. The molecule has 4 nitrogen and oxygen atoms in total. The maximum absolute atomic E-state index is 9.56. The third-order valence-corrected chi connectivity index (χ3v) is 1.81. The number of nitrogens with zero attached hydrogens (tertiary/aromatic N) is 1. The van der Waals surface area contributed by atoms with Crippen molar-refractivity contribution >= 4 is 0 Å². The molecule has 0 aliphatic carbocycles. The number of pyridine rings is 1. The van der Waals surface area contributed by atoms with Crippen LogP contribution in [0.2, 0.25) is 0 Å². The van der Waals surface area contributed by atoms with Crippen LogP contribution in [0.25, 0.3) is 0 Å². The second kappa shape index (κ2) is 4.20. The summed E-state index contributed by atoms with van der Waals surface area (Å²) in [4.78, 5) is 3.96. The highest BCUT2D eigenvalue weighted by Gasteiger charge is 2.12. The fourth-order valence-electron chi connectivity index (χ4n) is 0.991. The average molecular weight is 182 g/mol. The summed E-state index contributed by atoms with van der Waals surface area (Å²) in [6.45, 7) is 1.74. The normalized spacial score (nSPS) is 15.1. The lowest BCUT2D eigenvalue weighted by molar-refractivity contribution is 0.153. The van der Waals surface area contributed by atoms with Gasteiger partial charge in [0, 0.05) is 23.9 Å². The van der Waals surface area contributed by atoms with E-state index in [4.69, 9.17) is 10.5 Å². The molecule has 0 saturated carbocycles. The lowest BCUT2D eigenvalue weighted by Gasteiger charge is -2.14. The van der Waals surface area contributed by atoms with E-state index in [9.17, 15) is 5.11 Å². The minimum atomic E-state index is -0.668. The molecular formula is C9H14N2O2. The maximum Gasteiger partial charge on any atom is 0.212 e. The van der Waals surface area contributed by atoms with Gasteiger partial charge in [-0.1, -0.05) is 0 Å². The van der Waals surface area contributed by atoms with Gasteiger partial charge in [-0.05, 0) is 13.0 Å². The molecule has 13 heavy (non-hydrogen) atoms. The van der Waals surface area contributed by atoms with Crippen LogP contribution >= 0.6 is 0 Å². The summed E-state index contributed by atoms with van der Waals surface area (Å²) in [5.74, 6) is 0.528. The van der Waals surface area contributed by atoms with Crippen molar-refractivity contribution in [1.82, 2.24) is 4.98 Å². The molecule has 0 bridgehead atoms. The standard InChI is InChI=1S/C9H14N2O2/c1-6(10)9(12)7-3-4-8(13-2)11-5-7/h3-6,9,12H,10H2,1-2H3/t6-,9-/m0/s1. The van der Waals surface area contributed by atoms with E-state index < -0.39 is 6.10 Å². The Morgan fingerprint density at radius 3 is 2.62 bits per heavy atom. The van der Waals surface area contributed by atoms with Crippen LogP contribution in [0.5, 0.6) is 5.88 Å². The van der Waals surface area contributed by atoms with Crippen molar-refractivity contribution in [3.05, 3.63) is 23.9 Å². The number of hydrogen-bond donors (Lipinski definition) is 2. The van der Waals surface area contributed by atoms with E-state index in [1.54, 1.807) is 32.4 Å². The summed E-state index contributed by atoms with van der Waals surface area (Å²) in [5.41, 5.74) is 6.23. The SMILES string of the molecule is COc1ccc([C@@H](O)[C@H](C)N)cn1. The molecule has 1 heterocycles. The van der Waals surface area contributed by atoms with Gasteiger partial charge in [0.25, 0.3) is 0 Å². The van der Waals surface area contributed by atoms with Gasteiger partial charge in [0.05, 0.1) is 13.2 Å². The van der Waals surface area contributed by atoms with E-state index in [1.807, 2.05) is 0 Å². The van der Waals surface area contributed by atoms with Crippen LogP contribution in [-0.4, -0.2) is 23.2 Å². The summed E-state index contributed by atoms with van der Waals surface area (Å²) in [6, 6.07) is 3.15. The van der Waals surface area contributed by atoms with E-state index in [2.05, 4.69) is 4.98 Å². The van der Waals surface area contributed by atoms with E-state index in [-0.39, 0.29) is 6.04 Å². The number of ether oxygens (including phenoxy) is 1. The predicted octanol–water partition coefficient (Wildman–Crippen LogP) is 0.471. The highest BCUT2D eigenvalue weighted by molar-refractivity contribution is 5.20. The molecule has 1 aromatic heterocycles. The lowest BCUT2D eigenvalue weighted by Crippen LogP contribution is -2.24. The Morgan fingerprint density at radius 1 is 1.54 bits per heavy atom. The number of aliphatic hydroxyl groups excluding tert-OH is 1. The lowest BCUT2D eigenvalue weighted by atomic mass is 10.1. The van der Waals surface area contributed by atoms with Crippen molar-refractivity contribution in [3.63, 3.8) is 0 Å². The summed E-state index contributed by atoms with van der Waals surface area (Å²) in [7, 11) is 1.55. The smallest absolute Gasteiger partial charge is 0.212 e. The zero-order valence-corrected chi connectivity index (χ0v) is 7.77. The van der Waals surface area contributed by atoms with Crippen molar-refractivity contribution in [2.24, 2.45) is 5.73 Å². The number of rotatable bonds is 3. The van der Waals surface area contributed by atoms with Gasteiger partial charge in [-0.3, -0.25) is 0 Å². The van der Waals surface area contributed by atoms with Crippen LogP contribution in [-0.2, 0) is 0 Å². The Bertz CT molecular complexity index is 259. The van der Waals surface area contributed by atoms with Gasteiger partial charge >= 0.3 is 0 Å². The molecule has 0 aliphatic heterocycles. The fraction of sp³-hybridized carbons (Fsp3) is 0.444. The molecule has 1 aromatic rings. The molecule has 0 fully saturated rings. The van der Waals surface area contributed by atoms with E-state index in [0.717, 1.165) is 0 Å². The summed E-state index contributed by atoms with van der Waals surface area (Å²) in [6.07, 6.45) is 0.894. The van der Waals surface area contributed by atoms with Crippen LogP contribution in [0.3, 0.4) is 0 Å². The van der Waals surface area contributed by atoms with Crippen LogP contribution in [0.1, 0.15) is 18.6 Å². The van der Waals surface area contributed by atoms with Crippen molar-refractivity contribution in [3.8, 4) is 5.88 Å². The Hall–Kier alpha value is -1.13. The van der Waals surface area contributed by atoms with Gasteiger partial charge in [0.2, 0.25) is 5.88 Å². The zero-order chi connectivity index (χ0) is 9.84. The number of aliphatic hydroxyl groups is 1. The largest absolute Gasteiger partial charge is 0.481 e. The zero-order valence-electron chi connectivity index (χ0n) is 7.77. The first-order valence-corrected chi connectivity index (χ1v) is 4.08. The second-order valence-corrected chi connectivity index (χ2v) is 2.94. The van der Waals surface area contributed by atoms with Gasteiger partial charge in [0.1, 0.15) is 0 Å². The van der Waals surface area contributed by atoms with Gasteiger partial charge in [-0.2, -0.15) is 0 Å². The third kappa shape index (κ3) is 2.40. The van der Waals surface area contributed by atoms with E-state index >= 15 is 0 Å². The number of aromatic nitrogens is 1. The van der Waals surface area contributed by atoms with E-state index in [0.29, 0.717) is 11.4 Å².